The molecular formula is C22H19NO5. The normalized spacial score (nSPS) is 10.1. The third-order valence-corrected chi connectivity index (χ3v) is 3.78. The van der Waals surface area contributed by atoms with Gasteiger partial charge < -0.3 is 19.5 Å². The number of hydrogen-bond acceptors (Lipinski definition) is 5. The summed E-state index contributed by atoms with van der Waals surface area (Å²) >= 11 is 0. The third-order valence-electron chi connectivity index (χ3n) is 3.78. The first-order valence-electron chi connectivity index (χ1n) is 8.66. The maximum absolute atomic E-state index is 12.0. The quantitative estimate of drug-likeness (QED) is 0.374. The number of nitrogens with one attached hydrogen (secondary N) is 1. The average molecular weight is 377 g/mol. The van der Waals surface area contributed by atoms with Crippen molar-refractivity contribution in [2.75, 3.05) is 13.2 Å². The summed E-state index contributed by atoms with van der Waals surface area (Å²) in [7, 11) is 0. The fourth-order valence-corrected chi connectivity index (χ4v) is 2.51. The van der Waals surface area contributed by atoms with Gasteiger partial charge in [-0.1, -0.05) is 36.9 Å². The van der Waals surface area contributed by atoms with E-state index in [-0.39, 0.29) is 13.2 Å². The lowest BCUT2D eigenvalue weighted by Gasteiger charge is -2.11. The van der Waals surface area contributed by atoms with Crippen LogP contribution in [0, 0.1) is 0 Å². The van der Waals surface area contributed by atoms with E-state index in [0.29, 0.717) is 11.5 Å². The molecule has 1 amide bonds. The lowest BCUT2D eigenvalue weighted by Crippen LogP contribution is -2.30. The van der Waals surface area contributed by atoms with Crippen LogP contribution >= 0.6 is 0 Å². The number of esters is 1. The van der Waals surface area contributed by atoms with Crippen LogP contribution in [0.2, 0.25) is 0 Å². The smallest absolute Gasteiger partial charge is 0.412 e. The zero-order valence-corrected chi connectivity index (χ0v) is 15.1. The Morgan fingerprint density at radius 2 is 1.79 bits per heavy atom. The van der Waals surface area contributed by atoms with Crippen LogP contribution in [0.4, 0.5) is 4.79 Å². The van der Waals surface area contributed by atoms with Gasteiger partial charge in [-0.25, -0.2) is 9.59 Å². The summed E-state index contributed by atoms with van der Waals surface area (Å²) in [5.74, 6) is 1.30. The molecule has 6 heteroatoms. The molecule has 6 nitrogen and oxygen atoms in total. The van der Waals surface area contributed by atoms with Crippen molar-refractivity contribution in [3.05, 3.63) is 79.4 Å². The second kappa shape index (κ2) is 9.23. The maximum atomic E-state index is 12.0. The van der Waals surface area contributed by atoms with Crippen molar-refractivity contribution in [1.82, 2.24) is 5.32 Å². The van der Waals surface area contributed by atoms with Gasteiger partial charge in [0.25, 0.3) is 0 Å². The predicted molar refractivity (Wildman–Crippen MR) is 106 cm³/mol. The molecular weight excluding hydrogens is 358 g/mol. The highest BCUT2D eigenvalue weighted by molar-refractivity contribution is 5.91. The number of fused-ring (bicyclic) bond motifs is 1. The van der Waals surface area contributed by atoms with Gasteiger partial charge in [-0.3, -0.25) is 0 Å². The molecule has 0 spiro atoms. The van der Waals surface area contributed by atoms with Gasteiger partial charge in [0.05, 0.1) is 6.54 Å². The number of amides is 1. The molecule has 0 aliphatic carbocycles. The fourth-order valence-electron chi connectivity index (χ4n) is 2.51. The van der Waals surface area contributed by atoms with Crippen LogP contribution in [0.5, 0.6) is 17.2 Å². The molecule has 0 atom stereocenters. The first-order valence-corrected chi connectivity index (χ1v) is 8.66. The lowest BCUT2D eigenvalue weighted by atomic mass is 10.1. The van der Waals surface area contributed by atoms with Crippen molar-refractivity contribution in [3.8, 4) is 17.2 Å². The molecule has 0 aliphatic heterocycles. The Morgan fingerprint density at radius 1 is 0.964 bits per heavy atom. The highest BCUT2D eigenvalue weighted by Crippen LogP contribution is 2.30. The van der Waals surface area contributed by atoms with Crippen molar-refractivity contribution in [1.29, 1.82) is 0 Å². The molecule has 3 aromatic rings. The molecule has 142 valence electrons. The number of ether oxygens (including phenoxy) is 3. The summed E-state index contributed by atoms with van der Waals surface area (Å²) in [6.45, 7) is 3.47. The molecule has 28 heavy (non-hydrogen) atoms. The number of rotatable bonds is 7. The Kier molecular flexibility index (Phi) is 6.25. The Labute approximate surface area is 162 Å². The van der Waals surface area contributed by atoms with Gasteiger partial charge in [-0.15, -0.1) is 0 Å². The van der Waals surface area contributed by atoms with Gasteiger partial charge >= 0.3 is 12.1 Å². The summed E-state index contributed by atoms with van der Waals surface area (Å²) in [6.07, 6.45) is 0.427. The van der Waals surface area contributed by atoms with Gasteiger partial charge in [-0.2, -0.15) is 0 Å². The predicted octanol–water partition coefficient (Wildman–Crippen LogP) is 4.45. The van der Waals surface area contributed by atoms with Crippen molar-refractivity contribution in [2.45, 2.75) is 0 Å². The van der Waals surface area contributed by atoms with Crippen molar-refractivity contribution >= 4 is 22.8 Å². The summed E-state index contributed by atoms with van der Waals surface area (Å²) in [5.41, 5.74) is 0. The topological polar surface area (TPSA) is 73.9 Å². The number of carbonyl (C=O) groups excluding carboxylic acids is 2. The largest absolute Gasteiger partial charge is 0.461 e. The van der Waals surface area contributed by atoms with Gasteiger partial charge in [-0.05, 0) is 41.8 Å². The van der Waals surface area contributed by atoms with E-state index < -0.39 is 12.1 Å². The molecule has 0 aliphatic rings. The molecule has 0 heterocycles. The van der Waals surface area contributed by atoms with Crippen LogP contribution in [0.1, 0.15) is 0 Å². The molecule has 0 radical (unpaired) electrons. The van der Waals surface area contributed by atoms with Crippen molar-refractivity contribution in [2.24, 2.45) is 0 Å². The first-order chi connectivity index (χ1) is 13.7. The molecule has 3 aromatic carbocycles. The molecule has 0 unspecified atom stereocenters. The summed E-state index contributed by atoms with van der Waals surface area (Å²) in [6, 6.07) is 20.4. The molecule has 0 saturated heterocycles. The van der Waals surface area contributed by atoms with E-state index >= 15 is 0 Å². The monoisotopic (exact) mass is 377 g/mol. The van der Waals surface area contributed by atoms with Crippen LogP contribution in [-0.4, -0.2) is 25.2 Å². The van der Waals surface area contributed by atoms with Gasteiger partial charge in [0.2, 0.25) is 0 Å². The van der Waals surface area contributed by atoms with Crippen LogP contribution < -0.4 is 14.8 Å². The van der Waals surface area contributed by atoms with Crippen LogP contribution in [-0.2, 0) is 9.53 Å². The van der Waals surface area contributed by atoms with Crippen LogP contribution in [0.3, 0.4) is 0 Å². The SMILES string of the molecule is C=CC(=O)OCCNC(=O)Oc1cccc2cc(Oc3ccccc3)ccc12. The molecule has 0 fully saturated rings. The Balaban J connectivity index is 1.64. The lowest BCUT2D eigenvalue weighted by molar-refractivity contribution is -0.137. The number of para-hydroxylation sites is 1. The third kappa shape index (κ3) is 5.11. The van der Waals surface area contributed by atoms with E-state index in [0.717, 1.165) is 22.6 Å². The second-order valence-electron chi connectivity index (χ2n) is 5.74. The molecule has 0 saturated carbocycles. The number of carbonyl (C=O) groups is 2. The van der Waals surface area contributed by atoms with E-state index in [1.54, 1.807) is 12.1 Å². The summed E-state index contributed by atoms with van der Waals surface area (Å²) in [5, 5.41) is 4.17. The number of hydrogen-bond donors (Lipinski definition) is 1. The second-order valence-corrected chi connectivity index (χ2v) is 5.74. The number of benzene rings is 3. The highest BCUT2D eigenvalue weighted by atomic mass is 16.6. The summed E-state index contributed by atoms with van der Waals surface area (Å²) < 4.78 is 16.0. The zero-order chi connectivity index (χ0) is 19.8. The Hall–Kier alpha value is -3.80. The van der Waals surface area contributed by atoms with Gasteiger partial charge in [0.1, 0.15) is 23.9 Å². The average Bonchev–Trinajstić information content (AvgIpc) is 2.72. The van der Waals surface area contributed by atoms with E-state index in [4.69, 9.17) is 14.2 Å². The van der Waals surface area contributed by atoms with E-state index in [2.05, 4.69) is 11.9 Å². The molecule has 0 aromatic heterocycles. The Morgan fingerprint density at radius 3 is 2.57 bits per heavy atom. The fraction of sp³-hybridized carbons (Fsp3) is 0.0909. The molecule has 0 bridgehead atoms. The van der Waals surface area contributed by atoms with Gasteiger partial charge in [0, 0.05) is 11.5 Å². The van der Waals surface area contributed by atoms with Gasteiger partial charge in [0.15, 0.2) is 0 Å². The van der Waals surface area contributed by atoms with Crippen LogP contribution in [0.25, 0.3) is 10.8 Å². The zero-order valence-electron chi connectivity index (χ0n) is 15.1. The minimum atomic E-state index is -0.633. The standard InChI is InChI=1S/C22H19NO5/c1-2-21(24)26-14-13-23-22(25)28-20-10-6-7-16-15-18(11-12-19(16)20)27-17-8-4-3-5-9-17/h2-12,15H,1,13-14H2,(H,23,25). The minimum absolute atomic E-state index is 0.0374. The summed E-state index contributed by atoms with van der Waals surface area (Å²) in [4.78, 5) is 22.9. The van der Waals surface area contributed by atoms with Crippen molar-refractivity contribution < 1.29 is 23.8 Å². The Bertz CT molecular complexity index is 985. The van der Waals surface area contributed by atoms with E-state index in [9.17, 15) is 9.59 Å². The molecule has 1 N–H and O–H groups in total. The van der Waals surface area contributed by atoms with Crippen LogP contribution in [0.15, 0.2) is 79.4 Å². The first kappa shape index (κ1) is 19.0. The highest BCUT2D eigenvalue weighted by Gasteiger charge is 2.09. The van der Waals surface area contributed by atoms with Crippen molar-refractivity contribution in [3.63, 3.8) is 0 Å². The van der Waals surface area contributed by atoms with E-state index in [1.807, 2.05) is 54.6 Å². The maximum Gasteiger partial charge on any atom is 0.412 e. The minimum Gasteiger partial charge on any atom is -0.461 e. The molecule has 3 rings (SSSR count). The van der Waals surface area contributed by atoms with E-state index in [1.165, 1.54) is 0 Å².